The molecule has 0 spiro atoms. The van der Waals surface area contributed by atoms with E-state index in [2.05, 4.69) is 37.5 Å². The van der Waals surface area contributed by atoms with Gasteiger partial charge in [-0.25, -0.2) is 5.43 Å². The van der Waals surface area contributed by atoms with Crippen molar-refractivity contribution in [3.05, 3.63) is 69.7 Å². The van der Waals surface area contributed by atoms with E-state index in [4.69, 9.17) is 17.4 Å². The first-order valence-electron chi connectivity index (χ1n) is 5.90. The van der Waals surface area contributed by atoms with Crippen LogP contribution < -0.4 is 11.3 Å². The van der Waals surface area contributed by atoms with Crippen LogP contribution in [-0.4, -0.2) is 0 Å². The topological polar surface area (TPSA) is 38.0 Å². The van der Waals surface area contributed by atoms with Crippen LogP contribution in [-0.2, 0) is 0 Å². The lowest BCUT2D eigenvalue weighted by Crippen LogP contribution is -2.28. The first kappa shape index (κ1) is 13.1. The molecule has 2 nitrogen and oxygen atoms in total. The summed E-state index contributed by atoms with van der Waals surface area (Å²) in [6.45, 7) is 4.20. The fourth-order valence-corrected chi connectivity index (χ4v) is 2.21. The number of nitrogens with two attached hydrogens (primary N) is 1. The van der Waals surface area contributed by atoms with Gasteiger partial charge in [0.05, 0.1) is 6.04 Å². The van der Waals surface area contributed by atoms with Gasteiger partial charge in [0.25, 0.3) is 0 Å². The van der Waals surface area contributed by atoms with Gasteiger partial charge in [0, 0.05) is 5.02 Å². The minimum Gasteiger partial charge on any atom is -0.271 e. The first-order valence-corrected chi connectivity index (χ1v) is 6.28. The molecule has 0 saturated heterocycles. The second-order valence-corrected chi connectivity index (χ2v) is 4.93. The summed E-state index contributed by atoms with van der Waals surface area (Å²) < 4.78 is 0. The maximum absolute atomic E-state index is 6.02. The third-order valence-electron chi connectivity index (χ3n) is 3.21. The van der Waals surface area contributed by atoms with Gasteiger partial charge in [0.1, 0.15) is 0 Å². The molecule has 1 unspecified atom stereocenters. The highest BCUT2D eigenvalue weighted by Crippen LogP contribution is 2.25. The molecule has 0 aliphatic heterocycles. The minimum absolute atomic E-state index is 0.0389. The van der Waals surface area contributed by atoms with E-state index >= 15 is 0 Å². The molecule has 2 aromatic rings. The molecule has 3 N–H and O–H groups in total. The van der Waals surface area contributed by atoms with Crippen molar-refractivity contribution in [3.8, 4) is 0 Å². The summed E-state index contributed by atoms with van der Waals surface area (Å²) in [5, 5.41) is 0.719. The zero-order chi connectivity index (χ0) is 13.1. The number of nitrogens with one attached hydrogen (secondary N) is 1. The molecule has 1 atom stereocenters. The molecule has 18 heavy (non-hydrogen) atoms. The van der Waals surface area contributed by atoms with Gasteiger partial charge in [-0.15, -0.1) is 0 Å². The van der Waals surface area contributed by atoms with Crippen LogP contribution in [0.25, 0.3) is 0 Å². The molecular formula is C15H17ClN2. The van der Waals surface area contributed by atoms with Crippen LogP contribution in [0.5, 0.6) is 0 Å². The molecule has 2 rings (SSSR count). The van der Waals surface area contributed by atoms with Gasteiger partial charge in [0.15, 0.2) is 0 Å². The normalized spacial score (nSPS) is 12.4. The number of hydrogen-bond acceptors (Lipinski definition) is 2. The van der Waals surface area contributed by atoms with Crippen molar-refractivity contribution < 1.29 is 0 Å². The Morgan fingerprint density at radius 3 is 2.33 bits per heavy atom. The van der Waals surface area contributed by atoms with E-state index in [-0.39, 0.29) is 6.04 Å². The molecule has 94 valence electrons. The Bertz CT molecular complexity index is 552. The average molecular weight is 261 g/mol. The highest BCUT2D eigenvalue weighted by molar-refractivity contribution is 6.30. The monoisotopic (exact) mass is 260 g/mol. The summed E-state index contributed by atoms with van der Waals surface area (Å²) >= 11 is 6.02. The van der Waals surface area contributed by atoms with Gasteiger partial charge < -0.3 is 0 Å². The molecule has 0 heterocycles. The number of hydrazine groups is 1. The Balaban J connectivity index is 2.42. The number of rotatable bonds is 3. The molecule has 0 aromatic heterocycles. The summed E-state index contributed by atoms with van der Waals surface area (Å²) in [5.74, 6) is 5.68. The number of hydrogen-bond donors (Lipinski definition) is 2. The highest BCUT2D eigenvalue weighted by Gasteiger charge is 2.13. The second kappa shape index (κ2) is 5.53. The molecule has 0 aliphatic rings. The quantitative estimate of drug-likeness (QED) is 0.655. The smallest absolute Gasteiger partial charge is 0.0710 e. The van der Waals surface area contributed by atoms with Gasteiger partial charge in [-0.3, -0.25) is 5.84 Å². The summed E-state index contributed by atoms with van der Waals surface area (Å²) in [7, 11) is 0. The molecular weight excluding hydrogens is 244 g/mol. The van der Waals surface area contributed by atoms with E-state index in [1.54, 1.807) is 0 Å². The van der Waals surface area contributed by atoms with Crippen molar-refractivity contribution in [3.63, 3.8) is 0 Å². The lowest BCUT2D eigenvalue weighted by atomic mass is 9.96. The van der Waals surface area contributed by atoms with Crippen molar-refractivity contribution in [1.29, 1.82) is 0 Å². The third-order valence-corrected chi connectivity index (χ3v) is 3.45. The Labute approximate surface area is 113 Å². The average Bonchev–Trinajstić information content (AvgIpc) is 2.35. The van der Waals surface area contributed by atoms with Crippen LogP contribution >= 0.6 is 11.6 Å². The predicted octanol–water partition coefficient (Wildman–Crippen LogP) is 3.51. The number of halogens is 1. The van der Waals surface area contributed by atoms with Gasteiger partial charge in [-0.2, -0.15) is 0 Å². The van der Waals surface area contributed by atoms with Crippen LogP contribution in [0.3, 0.4) is 0 Å². The van der Waals surface area contributed by atoms with Crippen LogP contribution in [0.1, 0.15) is 28.3 Å². The van der Waals surface area contributed by atoms with Crippen molar-refractivity contribution in [2.24, 2.45) is 5.84 Å². The number of benzene rings is 2. The van der Waals surface area contributed by atoms with E-state index in [0.717, 1.165) is 16.1 Å². The van der Waals surface area contributed by atoms with E-state index in [1.807, 2.05) is 24.3 Å². The van der Waals surface area contributed by atoms with Gasteiger partial charge in [-0.05, 0) is 48.2 Å². The molecule has 3 heteroatoms. The van der Waals surface area contributed by atoms with Crippen molar-refractivity contribution in [2.45, 2.75) is 19.9 Å². The SMILES string of the molecule is Cc1ccc(C(NN)c2cccc(Cl)c2)cc1C. The zero-order valence-electron chi connectivity index (χ0n) is 10.6. The molecule has 0 radical (unpaired) electrons. The van der Waals surface area contributed by atoms with Crippen LogP contribution in [0.2, 0.25) is 5.02 Å². The van der Waals surface area contributed by atoms with Crippen molar-refractivity contribution in [1.82, 2.24) is 5.43 Å². The van der Waals surface area contributed by atoms with E-state index in [0.29, 0.717) is 0 Å². The summed E-state index contributed by atoms with van der Waals surface area (Å²) in [6, 6.07) is 14.1. The Hall–Kier alpha value is -1.35. The fraction of sp³-hybridized carbons (Fsp3) is 0.200. The first-order chi connectivity index (χ1) is 8.61. The largest absolute Gasteiger partial charge is 0.271 e. The van der Waals surface area contributed by atoms with Crippen LogP contribution in [0.4, 0.5) is 0 Å². The van der Waals surface area contributed by atoms with E-state index in [9.17, 15) is 0 Å². The predicted molar refractivity (Wildman–Crippen MR) is 76.5 cm³/mol. The zero-order valence-corrected chi connectivity index (χ0v) is 11.3. The van der Waals surface area contributed by atoms with Gasteiger partial charge >= 0.3 is 0 Å². The Kier molecular flexibility index (Phi) is 4.02. The lowest BCUT2D eigenvalue weighted by molar-refractivity contribution is 0.636. The van der Waals surface area contributed by atoms with E-state index < -0.39 is 0 Å². The Morgan fingerprint density at radius 1 is 1.00 bits per heavy atom. The molecule has 0 fully saturated rings. The fourth-order valence-electron chi connectivity index (χ4n) is 2.02. The molecule has 0 saturated carbocycles. The summed E-state index contributed by atoms with van der Waals surface area (Å²) in [6.07, 6.45) is 0. The maximum Gasteiger partial charge on any atom is 0.0710 e. The molecule has 0 amide bonds. The summed E-state index contributed by atoms with van der Waals surface area (Å²) in [4.78, 5) is 0. The van der Waals surface area contributed by atoms with Crippen molar-refractivity contribution in [2.75, 3.05) is 0 Å². The number of aryl methyl sites for hydroxylation is 2. The Morgan fingerprint density at radius 2 is 1.72 bits per heavy atom. The molecule has 0 aliphatic carbocycles. The third kappa shape index (κ3) is 2.72. The molecule has 2 aromatic carbocycles. The van der Waals surface area contributed by atoms with Crippen LogP contribution in [0, 0.1) is 13.8 Å². The summed E-state index contributed by atoms with van der Waals surface area (Å²) in [5.41, 5.74) is 7.59. The maximum atomic E-state index is 6.02. The van der Waals surface area contributed by atoms with E-state index in [1.165, 1.54) is 11.1 Å². The standard InChI is InChI=1S/C15H17ClN2/c1-10-6-7-13(8-11(10)2)15(18-17)12-4-3-5-14(16)9-12/h3-9,15,18H,17H2,1-2H3. The lowest BCUT2D eigenvalue weighted by Gasteiger charge is -2.18. The van der Waals surface area contributed by atoms with Gasteiger partial charge in [-0.1, -0.05) is 41.9 Å². The second-order valence-electron chi connectivity index (χ2n) is 4.50. The molecule has 0 bridgehead atoms. The van der Waals surface area contributed by atoms with Gasteiger partial charge in [0.2, 0.25) is 0 Å². The van der Waals surface area contributed by atoms with Crippen LogP contribution in [0.15, 0.2) is 42.5 Å². The minimum atomic E-state index is -0.0389. The van der Waals surface area contributed by atoms with Crippen molar-refractivity contribution >= 4 is 11.6 Å². The highest BCUT2D eigenvalue weighted by atomic mass is 35.5.